The summed E-state index contributed by atoms with van der Waals surface area (Å²) >= 11 is 0. The number of pyridine rings is 1. The topological polar surface area (TPSA) is 91.3 Å². The van der Waals surface area contributed by atoms with Crippen molar-refractivity contribution in [3.63, 3.8) is 0 Å². The van der Waals surface area contributed by atoms with Crippen LogP contribution in [0.5, 0.6) is 0 Å². The Morgan fingerprint density at radius 2 is 2.00 bits per heavy atom. The first-order valence-corrected chi connectivity index (χ1v) is 7.60. The van der Waals surface area contributed by atoms with E-state index in [4.69, 9.17) is 5.11 Å². The largest absolute Gasteiger partial charge is 0.480 e. The number of carbonyl (C=O) groups excluding carboxylic acids is 1. The van der Waals surface area contributed by atoms with Gasteiger partial charge in [0.2, 0.25) is 5.91 Å². The van der Waals surface area contributed by atoms with Gasteiger partial charge >= 0.3 is 5.97 Å². The van der Waals surface area contributed by atoms with Gasteiger partial charge in [0.05, 0.1) is 18.3 Å². The third-order valence-corrected chi connectivity index (χ3v) is 3.30. The zero-order valence-corrected chi connectivity index (χ0v) is 13.4. The summed E-state index contributed by atoms with van der Waals surface area (Å²) in [5.41, 5.74) is 0.768. The maximum atomic E-state index is 12.3. The molecule has 1 aromatic rings. The SMILES string of the molecule is CCC(NC(CC(C)C)C(=O)NCc1ccccn1)C(=O)O. The van der Waals surface area contributed by atoms with E-state index in [1.54, 1.807) is 13.1 Å². The number of aromatic nitrogens is 1. The van der Waals surface area contributed by atoms with Gasteiger partial charge in [-0.25, -0.2) is 0 Å². The Bertz CT molecular complexity index is 477. The Hall–Kier alpha value is -1.95. The van der Waals surface area contributed by atoms with E-state index in [0.29, 0.717) is 19.4 Å². The van der Waals surface area contributed by atoms with Crippen LogP contribution in [-0.2, 0) is 16.1 Å². The summed E-state index contributed by atoms with van der Waals surface area (Å²) in [5.74, 6) is -0.850. The number of hydrogen-bond donors (Lipinski definition) is 3. The van der Waals surface area contributed by atoms with Crippen LogP contribution in [0.3, 0.4) is 0 Å². The van der Waals surface area contributed by atoms with Crippen molar-refractivity contribution in [1.82, 2.24) is 15.6 Å². The number of aliphatic carboxylic acids is 1. The predicted octanol–water partition coefficient (Wildman–Crippen LogP) is 1.57. The molecule has 1 aromatic heterocycles. The number of carbonyl (C=O) groups is 2. The molecule has 1 rings (SSSR count). The summed E-state index contributed by atoms with van der Waals surface area (Å²) in [7, 11) is 0. The molecule has 0 bridgehead atoms. The Morgan fingerprint density at radius 1 is 1.27 bits per heavy atom. The summed E-state index contributed by atoms with van der Waals surface area (Å²) in [6.45, 7) is 6.12. The number of carboxylic acids is 1. The Morgan fingerprint density at radius 3 is 2.50 bits per heavy atom. The fourth-order valence-corrected chi connectivity index (χ4v) is 2.13. The zero-order valence-electron chi connectivity index (χ0n) is 13.4. The molecule has 0 radical (unpaired) electrons. The van der Waals surface area contributed by atoms with E-state index in [-0.39, 0.29) is 11.8 Å². The lowest BCUT2D eigenvalue weighted by Gasteiger charge is -2.23. The monoisotopic (exact) mass is 307 g/mol. The van der Waals surface area contributed by atoms with Crippen molar-refractivity contribution in [3.05, 3.63) is 30.1 Å². The van der Waals surface area contributed by atoms with E-state index >= 15 is 0 Å². The van der Waals surface area contributed by atoms with E-state index in [1.165, 1.54) is 0 Å². The Kier molecular flexibility index (Phi) is 7.52. The van der Waals surface area contributed by atoms with Crippen LogP contribution in [0.4, 0.5) is 0 Å². The minimum atomic E-state index is -0.936. The standard InChI is InChI=1S/C16H25N3O3/c1-4-13(16(21)22)19-14(9-11(2)3)15(20)18-10-12-7-5-6-8-17-12/h5-8,11,13-14,19H,4,9-10H2,1-3H3,(H,18,20)(H,21,22). The summed E-state index contributed by atoms with van der Waals surface area (Å²) < 4.78 is 0. The number of carboxylic acid groups (broad SMARTS) is 1. The molecule has 1 heterocycles. The number of rotatable bonds is 9. The number of nitrogens with zero attached hydrogens (tertiary/aromatic N) is 1. The molecule has 0 saturated carbocycles. The molecule has 0 aromatic carbocycles. The van der Waals surface area contributed by atoms with Crippen LogP contribution >= 0.6 is 0 Å². The summed E-state index contributed by atoms with van der Waals surface area (Å²) in [6.07, 6.45) is 2.68. The van der Waals surface area contributed by atoms with Crippen molar-refractivity contribution < 1.29 is 14.7 Å². The first-order chi connectivity index (χ1) is 10.4. The van der Waals surface area contributed by atoms with Gasteiger partial charge in [0, 0.05) is 6.20 Å². The van der Waals surface area contributed by atoms with Crippen LogP contribution in [0.25, 0.3) is 0 Å². The smallest absolute Gasteiger partial charge is 0.320 e. The highest BCUT2D eigenvalue weighted by Gasteiger charge is 2.25. The lowest BCUT2D eigenvalue weighted by atomic mass is 10.0. The van der Waals surface area contributed by atoms with Crippen LogP contribution in [0.1, 0.15) is 39.3 Å². The predicted molar refractivity (Wildman–Crippen MR) is 84.2 cm³/mol. The van der Waals surface area contributed by atoms with Gasteiger partial charge in [-0.2, -0.15) is 0 Å². The van der Waals surface area contributed by atoms with E-state index in [1.807, 2.05) is 32.0 Å². The van der Waals surface area contributed by atoms with Gasteiger partial charge in [-0.1, -0.05) is 26.8 Å². The highest BCUT2D eigenvalue weighted by molar-refractivity contribution is 5.83. The molecule has 0 fully saturated rings. The minimum Gasteiger partial charge on any atom is -0.480 e. The maximum Gasteiger partial charge on any atom is 0.320 e. The molecule has 2 atom stereocenters. The van der Waals surface area contributed by atoms with Gasteiger partial charge in [-0.3, -0.25) is 19.9 Å². The number of hydrogen-bond acceptors (Lipinski definition) is 4. The van der Waals surface area contributed by atoms with E-state index in [2.05, 4.69) is 15.6 Å². The fraction of sp³-hybridized carbons (Fsp3) is 0.562. The molecule has 0 spiro atoms. The summed E-state index contributed by atoms with van der Waals surface area (Å²) in [4.78, 5) is 27.6. The van der Waals surface area contributed by atoms with Crippen molar-refractivity contribution >= 4 is 11.9 Å². The third kappa shape index (κ3) is 6.22. The van der Waals surface area contributed by atoms with Gasteiger partial charge in [0.25, 0.3) is 0 Å². The highest BCUT2D eigenvalue weighted by Crippen LogP contribution is 2.07. The number of amides is 1. The minimum absolute atomic E-state index is 0.195. The Labute approximate surface area is 131 Å². The van der Waals surface area contributed by atoms with Gasteiger partial charge in [-0.05, 0) is 30.9 Å². The normalized spacial score (nSPS) is 13.6. The molecular weight excluding hydrogens is 282 g/mol. The summed E-state index contributed by atoms with van der Waals surface area (Å²) in [6, 6.07) is 4.26. The molecule has 6 heteroatoms. The van der Waals surface area contributed by atoms with Gasteiger partial charge in [0.15, 0.2) is 0 Å². The lowest BCUT2D eigenvalue weighted by Crippen LogP contribution is -2.51. The number of nitrogens with one attached hydrogen (secondary N) is 2. The molecule has 122 valence electrons. The van der Waals surface area contributed by atoms with Crippen LogP contribution < -0.4 is 10.6 Å². The molecular formula is C16H25N3O3. The molecule has 22 heavy (non-hydrogen) atoms. The average Bonchev–Trinajstić information content (AvgIpc) is 2.49. The first-order valence-electron chi connectivity index (χ1n) is 7.60. The van der Waals surface area contributed by atoms with Crippen LogP contribution in [0.15, 0.2) is 24.4 Å². The second-order valence-electron chi connectivity index (χ2n) is 5.69. The van der Waals surface area contributed by atoms with Crippen LogP contribution in [-0.4, -0.2) is 34.1 Å². The third-order valence-electron chi connectivity index (χ3n) is 3.30. The van der Waals surface area contributed by atoms with Crippen LogP contribution in [0, 0.1) is 5.92 Å². The highest BCUT2D eigenvalue weighted by atomic mass is 16.4. The molecule has 3 N–H and O–H groups in total. The molecule has 6 nitrogen and oxygen atoms in total. The Balaban J connectivity index is 2.65. The summed E-state index contributed by atoms with van der Waals surface area (Å²) in [5, 5.41) is 14.9. The van der Waals surface area contributed by atoms with Gasteiger partial charge < -0.3 is 10.4 Å². The fourth-order valence-electron chi connectivity index (χ4n) is 2.13. The van der Waals surface area contributed by atoms with Crippen molar-refractivity contribution in [2.45, 2.75) is 52.2 Å². The second kappa shape index (κ2) is 9.15. The van der Waals surface area contributed by atoms with E-state index in [0.717, 1.165) is 5.69 Å². The van der Waals surface area contributed by atoms with Crippen molar-refractivity contribution in [2.75, 3.05) is 0 Å². The molecule has 2 unspecified atom stereocenters. The first kappa shape index (κ1) is 18.1. The molecule has 0 aliphatic rings. The lowest BCUT2D eigenvalue weighted by molar-refractivity contribution is -0.140. The van der Waals surface area contributed by atoms with Crippen LogP contribution in [0.2, 0.25) is 0 Å². The quantitative estimate of drug-likeness (QED) is 0.644. The van der Waals surface area contributed by atoms with E-state index in [9.17, 15) is 9.59 Å². The zero-order chi connectivity index (χ0) is 16.5. The molecule has 0 saturated heterocycles. The van der Waals surface area contributed by atoms with Crippen molar-refractivity contribution in [3.8, 4) is 0 Å². The average molecular weight is 307 g/mol. The maximum absolute atomic E-state index is 12.3. The molecule has 1 amide bonds. The van der Waals surface area contributed by atoms with Crippen molar-refractivity contribution in [2.24, 2.45) is 5.92 Å². The van der Waals surface area contributed by atoms with Gasteiger partial charge in [-0.15, -0.1) is 0 Å². The molecule has 0 aliphatic heterocycles. The second-order valence-corrected chi connectivity index (χ2v) is 5.69. The molecule has 0 aliphatic carbocycles. The van der Waals surface area contributed by atoms with Gasteiger partial charge in [0.1, 0.15) is 6.04 Å². The van der Waals surface area contributed by atoms with E-state index < -0.39 is 18.1 Å². The van der Waals surface area contributed by atoms with Crippen molar-refractivity contribution in [1.29, 1.82) is 0 Å².